The zero-order valence-electron chi connectivity index (χ0n) is 21.4. The molecule has 1 aliphatic rings. The quantitative estimate of drug-likeness (QED) is 0.361. The molecule has 13 heteroatoms. The van der Waals surface area contributed by atoms with Crippen molar-refractivity contribution in [2.45, 2.75) is 19.6 Å². The van der Waals surface area contributed by atoms with Gasteiger partial charge in [0.25, 0.3) is 11.8 Å². The van der Waals surface area contributed by atoms with Crippen molar-refractivity contribution in [1.29, 1.82) is 0 Å². The highest BCUT2D eigenvalue weighted by molar-refractivity contribution is 6.01. The molecular weight excluding hydrogens is 519 g/mol. The number of halogens is 3. The van der Waals surface area contributed by atoms with Gasteiger partial charge in [0, 0.05) is 38.5 Å². The number of rotatable bonds is 10. The number of aromatic nitrogens is 2. The van der Waals surface area contributed by atoms with Gasteiger partial charge in [0.2, 0.25) is 11.8 Å². The van der Waals surface area contributed by atoms with Crippen molar-refractivity contribution in [1.82, 2.24) is 20.2 Å². The van der Waals surface area contributed by atoms with Gasteiger partial charge in [-0.15, -0.1) is 0 Å². The lowest BCUT2D eigenvalue weighted by Crippen LogP contribution is -2.27. The lowest BCUT2D eigenvalue weighted by Gasteiger charge is -2.16. The van der Waals surface area contributed by atoms with Gasteiger partial charge in [0.1, 0.15) is 17.1 Å². The normalized spacial score (nSPS) is 12.8. The summed E-state index contributed by atoms with van der Waals surface area (Å²) in [4.78, 5) is 34.1. The minimum absolute atomic E-state index is 0.0470. The Bertz CT molecular complexity index is 1380. The van der Waals surface area contributed by atoms with Crippen LogP contribution in [0.1, 0.15) is 38.8 Å². The molecule has 1 aliphatic heterocycles. The van der Waals surface area contributed by atoms with E-state index in [0.29, 0.717) is 49.3 Å². The second kappa shape index (κ2) is 11.6. The summed E-state index contributed by atoms with van der Waals surface area (Å²) in [5, 5.41) is 5.52. The summed E-state index contributed by atoms with van der Waals surface area (Å²) >= 11 is 0. The third-order valence-electron chi connectivity index (χ3n) is 5.79. The number of hydrogen-bond donors (Lipinski definition) is 2. The van der Waals surface area contributed by atoms with E-state index in [4.69, 9.17) is 14.2 Å². The smallest absolute Gasteiger partial charge is 0.423 e. The van der Waals surface area contributed by atoms with Gasteiger partial charge in [0.05, 0.1) is 25.0 Å². The summed E-state index contributed by atoms with van der Waals surface area (Å²) in [6, 6.07) is 9.19. The average molecular weight is 546 g/mol. The number of anilines is 2. The molecule has 10 nitrogen and oxygen atoms in total. The maximum Gasteiger partial charge on any atom is 0.423 e. The second-order valence-electron chi connectivity index (χ2n) is 8.46. The standard InChI is InChI=1S/C26H26F3N5O5/c1-4-38-11-10-30-22(35)15-8-9-18(20(12-15)37-3)32-25-31-13-17(26(27,28)29)23(33-25)39-19-7-5-6-16-14-34(2)24(36)21(16)19/h5-9,12-13H,4,10-11,14H2,1-3H3,(H,30,35)(H,31,32,33). The average Bonchev–Trinajstić information content (AvgIpc) is 3.20. The summed E-state index contributed by atoms with van der Waals surface area (Å²) in [6.45, 7) is 3.39. The fraction of sp³-hybridized carbons (Fsp3) is 0.308. The Morgan fingerprint density at radius 1 is 1.18 bits per heavy atom. The van der Waals surface area contributed by atoms with Gasteiger partial charge >= 0.3 is 6.18 Å². The molecule has 0 saturated heterocycles. The minimum atomic E-state index is -4.82. The number of benzene rings is 2. The molecule has 3 aromatic rings. The summed E-state index contributed by atoms with van der Waals surface area (Å²) in [6.07, 6.45) is -4.23. The zero-order chi connectivity index (χ0) is 28.2. The number of hydrogen-bond acceptors (Lipinski definition) is 8. The highest BCUT2D eigenvalue weighted by Gasteiger charge is 2.37. The number of fused-ring (bicyclic) bond motifs is 1. The highest BCUT2D eigenvalue weighted by atomic mass is 19.4. The molecule has 2 aromatic carbocycles. The fourth-order valence-corrected chi connectivity index (χ4v) is 3.90. The molecule has 39 heavy (non-hydrogen) atoms. The van der Waals surface area contributed by atoms with Gasteiger partial charge in [-0.25, -0.2) is 4.98 Å². The van der Waals surface area contributed by atoms with Crippen molar-refractivity contribution in [2.24, 2.45) is 0 Å². The van der Waals surface area contributed by atoms with Crippen LogP contribution in [0.15, 0.2) is 42.6 Å². The van der Waals surface area contributed by atoms with Crippen LogP contribution < -0.4 is 20.1 Å². The van der Waals surface area contributed by atoms with E-state index in [0.717, 1.165) is 0 Å². The topological polar surface area (TPSA) is 115 Å². The van der Waals surface area contributed by atoms with Crippen LogP contribution >= 0.6 is 0 Å². The number of nitrogens with zero attached hydrogens (tertiary/aromatic N) is 3. The second-order valence-corrected chi connectivity index (χ2v) is 8.46. The van der Waals surface area contributed by atoms with Crippen LogP contribution in [0, 0.1) is 0 Å². The van der Waals surface area contributed by atoms with Gasteiger partial charge < -0.3 is 29.7 Å². The minimum Gasteiger partial charge on any atom is -0.495 e. The van der Waals surface area contributed by atoms with Crippen LogP contribution in [-0.2, 0) is 17.5 Å². The first kappa shape index (κ1) is 27.6. The number of alkyl halides is 3. The Hall–Kier alpha value is -4.39. The SMILES string of the molecule is CCOCCNC(=O)c1ccc(Nc2ncc(C(F)(F)F)c(Oc3cccc4c3C(=O)N(C)C4)n2)c(OC)c1. The van der Waals surface area contributed by atoms with Gasteiger partial charge in [-0.1, -0.05) is 12.1 Å². The molecule has 0 aliphatic carbocycles. The molecule has 206 valence electrons. The maximum atomic E-state index is 13.8. The molecule has 4 rings (SSSR count). The van der Waals surface area contributed by atoms with E-state index in [2.05, 4.69) is 20.6 Å². The molecular formula is C26H26F3N5O5. The number of amides is 2. The molecule has 0 fully saturated rings. The first-order valence-electron chi connectivity index (χ1n) is 11.9. The van der Waals surface area contributed by atoms with E-state index in [1.165, 1.54) is 36.3 Å². The Balaban J connectivity index is 1.61. The van der Waals surface area contributed by atoms with E-state index < -0.39 is 17.6 Å². The molecule has 2 amide bonds. The van der Waals surface area contributed by atoms with Crippen LogP contribution in [0.2, 0.25) is 0 Å². The molecule has 0 radical (unpaired) electrons. The molecule has 0 atom stereocenters. The molecule has 2 heterocycles. The molecule has 0 bridgehead atoms. The van der Waals surface area contributed by atoms with E-state index in [-0.39, 0.29) is 34.8 Å². The Kier molecular flexibility index (Phi) is 8.19. The Morgan fingerprint density at radius 3 is 2.69 bits per heavy atom. The summed E-state index contributed by atoms with van der Waals surface area (Å²) < 4.78 is 57.4. The molecule has 0 spiro atoms. The predicted octanol–water partition coefficient (Wildman–Crippen LogP) is 4.39. The third-order valence-corrected chi connectivity index (χ3v) is 5.79. The van der Waals surface area contributed by atoms with Crippen molar-refractivity contribution in [3.8, 4) is 17.4 Å². The van der Waals surface area contributed by atoms with E-state index in [9.17, 15) is 22.8 Å². The van der Waals surface area contributed by atoms with Crippen LogP contribution in [0.5, 0.6) is 17.4 Å². The van der Waals surface area contributed by atoms with Gasteiger partial charge in [0.15, 0.2) is 0 Å². The van der Waals surface area contributed by atoms with E-state index >= 15 is 0 Å². The number of nitrogens with one attached hydrogen (secondary N) is 2. The van der Waals surface area contributed by atoms with Crippen molar-refractivity contribution in [2.75, 3.05) is 39.2 Å². The largest absolute Gasteiger partial charge is 0.495 e. The van der Waals surface area contributed by atoms with Gasteiger partial charge in [-0.05, 0) is 36.8 Å². The van der Waals surface area contributed by atoms with Gasteiger partial charge in [-0.3, -0.25) is 9.59 Å². The summed E-state index contributed by atoms with van der Waals surface area (Å²) in [7, 11) is 2.96. The lowest BCUT2D eigenvalue weighted by molar-refractivity contribution is -0.139. The third kappa shape index (κ3) is 6.20. The number of ether oxygens (including phenoxy) is 3. The first-order chi connectivity index (χ1) is 18.6. The van der Waals surface area contributed by atoms with Crippen molar-refractivity contribution in [3.05, 3.63) is 64.8 Å². The van der Waals surface area contributed by atoms with Crippen LogP contribution in [-0.4, -0.2) is 60.6 Å². The summed E-state index contributed by atoms with van der Waals surface area (Å²) in [5.41, 5.74) is 0.201. The molecule has 0 saturated carbocycles. The monoisotopic (exact) mass is 545 g/mol. The number of carbonyl (C=O) groups is 2. The highest BCUT2D eigenvalue weighted by Crippen LogP contribution is 2.40. The zero-order valence-corrected chi connectivity index (χ0v) is 21.4. The van der Waals surface area contributed by atoms with Crippen LogP contribution in [0.25, 0.3) is 0 Å². The van der Waals surface area contributed by atoms with E-state index in [1.807, 2.05) is 6.92 Å². The van der Waals surface area contributed by atoms with E-state index in [1.54, 1.807) is 19.2 Å². The summed E-state index contributed by atoms with van der Waals surface area (Å²) in [5.74, 6) is -1.53. The van der Waals surface area contributed by atoms with Crippen LogP contribution in [0.4, 0.5) is 24.8 Å². The maximum absolute atomic E-state index is 13.8. The Morgan fingerprint density at radius 2 is 1.97 bits per heavy atom. The van der Waals surface area contributed by atoms with Crippen molar-refractivity contribution in [3.63, 3.8) is 0 Å². The first-order valence-corrected chi connectivity index (χ1v) is 11.9. The molecule has 2 N–H and O–H groups in total. The van der Waals surface area contributed by atoms with Gasteiger partial charge in [-0.2, -0.15) is 18.2 Å². The van der Waals surface area contributed by atoms with Crippen molar-refractivity contribution < 1.29 is 37.0 Å². The number of methoxy groups -OCH3 is 1. The lowest BCUT2D eigenvalue weighted by atomic mass is 10.1. The van der Waals surface area contributed by atoms with Crippen LogP contribution in [0.3, 0.4) is 0 Å². The fourth-order valence-electron chi connectivity index (χ4n) is 3.90. The molecule has 1 aromatic heterocycles. The molecule has 0 unspecified atom stereocenters. The predicted molar refractivity (Wildman–Crippen MR) is 134 cm³/mol. The number of carbonyl (C=O) groups excluding carboxylic acids is 2. The van der Waals surface area contributed by atoms with Crippen molar-refractivity contribution >= 4 is 23.5 Å². The Labute approximate surface area is 222 Å².